The Morgan fingerprint density at radius 2 is 1.90 bits per heavy atom. The molecule has 7 heteroatoms. The van der Waals surface area contributed by atoms with Crippen LogP contribution in [0.25, 0.3) is 10.8 Å². The molecular weight excluding hydrogens is 270 g/mol. The molecule has 1 heterocycles. The van der Waals surface area contributed by atoms with Gasteiger partial charge in [0, 0.05) is 16.5 Å². The van der Waals surface area contributed by atoms with E-state index in [4.69, 9.17) is 5.53 Å². The number of aromatic hydroxyl groups is 2. The van der Waals surface area contributed by atoms with Gasteiger partial charge >= 0.3 is 0 Å². The van der Waals surface area contributed by atoms with Crippen molar-refractivity contribution in [3.63, 3.8) is 0 Å². The summed E-state index contributed by atoms with van der Waals surface area (Å²) in [6, 6.07) is 5.33. The Hall–Kier alpha value is -2.57. The van der Waals surface area contributed by atoms with Gasteiger partial charge in [-0.3, -0.25) is 4.98 Å². The van der Waals surface area contributed by atoms with Crippen molar-refractivity contribution in [2.45, 2.75) is 31.7 Å². The number of fused-ring (bicyclic) bond motifs is 1. The Morgan fingerprint density at radius 3 is 2.62 bits per heavy atom. The van der Waals surface area contributed by atoms with Crippen LogP contribution in [0.5, 0.6) is 11.8 Å². The molecule has 1 fully saturated rings. The lowest BCUT2D eigenvalue weighted by molar-refractivity contribution is 0.429. The number of aliphatic imine (C=N–C) groups is 1. The number of H-pyrrole nitrogens is 1. The third-order valence-electron chi connectivity index (χ3n) is 3.76. The molecule has 0 amide bonds. The molecule has 0 saturated heterocycles. The summed E-state index contributed by atoms with van der Waals surface area (Å²) in [5.74, 6) is 0.0998. The first-order valence-electron chi connectivity index (χ1n) is 6.93. The van der Waals surface area contributed by atoms with Gasteiger partial charge in [0.25, 0.3) is 0 Å². The maximum Gasteiger partial charge on any atom is 0.242 e. The molecule has 1 aliphatic rings. The van der Waals surface area contributed by atoms with E-state index in [0.717, 1.165) is 12.8 Å². The highest BCUT2D eigenvalue weighted by atomic mass is 16.3. The molecule has 5 N–H and O–H groups in total. The number of rotatable bonds is 2. The minimum atomic E-state index is -0.0942. The fraction of sp³-hybridized carbons (Fsp3) is 0.357. The number of anilines is 1. The molecule has 21 heavy (non-hydrogen) atoms. The van der Waals surface area contributed by atoms with E-state index in [9.17, 15) is 10.2 Å². The van der Waals surface area contributed by atoms with E-state index in [-0.39, 0.29) is 23.8 Å². The summed E-state index contributed by atoms with van der Waals surface area (Å²) in [6.07, 6.45) is 4.40. The highest BCUT2D eigenvalue weighted by molar-refractivity contribution is 5.99. The molecule has 1 aromatic heterocycles. The first-order chi connectivity index (χ1) is 10.2. The molecule has 0 unspecified atom stereocenters. The summed E-state index contributed by atoms with van der Waals surface area (Å²) in [5.41, 5.74) is 7.88. The van der Waals surface area contributed by atoms with Crippen LogP contribution in [-0.4, -0.2) is 27.2 Å². The van der Waals surface area contributed by atoms with Crippen LogP contribution >= 0.6 is 0 Å². The molecule has 0 spiro atoms. The third kappa shape index (κ3) is 2.67. The fourth-order valence-corrected chi connectivity index (χ4v) is 2.70. The number of hydrogen-bond donors (Lipinski definition) is 5. The summed E-state index contributed by atoms with van der Waals surface area (Å²) < 4.78 is 0. The molecule has 7 nitrogen and oxygen atoms in total. The first-order valence-corrected chi connectivity index (χ1v) is 6.93. The van der Waals surface area contributed by atoms with Gasteiger partial charge in [0.1, 0.15) is 0 Å². The largest absolute Gasteiger partial charge is 0.494 e. The third-order valence-corrected chi connectivity index (χ3v) is 3.76. The van der Waals surface area contributed by atoms with Gasteiger partial charge in [-0.2, -0.15) is 0 Å². The van der Waals surface area contributed by atoms with Crippen molar-refractivity contribution < 1.29 is 10.2 Å². The van der Waals surface area contributed by atoms with E-state index in [1.165, 1.54) is 12.8 Å². The standard InChI is InChI=1S/C14H17N5O2/c15-19-14(16-8-3-1-2-4-8)17-9-5-6-10-11(7-9)13(21)18-12(10)20/h5-8,15,18,20-21H,1-4H2,(H,16,17). The minimum absolute atomic E-state index is 0.0703. The SMILES string of the molecule is N=NC(=NC1CCCC1)Nc1ccc2c(O)[nH]c(O)c2c1. The smallest absolute Gasteiger partial charge is 0.242 e. The van der Waals surface area contributed by atoms with E-state index in [0.29, 0.717) is 16.5 Å². The normalized spacial score (nSPS) is 16.5. The average molecular weight is 287 g/mol. The second kappa shape index (κ2) is 5.43. The molecule has 0 atom stereocenters. The zero-order chi connectivity index (χ0) is 14.8. The Balaban J connectivity index is 1.86. The maximum absolute atomic E-state index is 9.70. The predicted molar refractivity (Wildman–Crippen MR) is 80.1 cm³/mol. The molecule has 3 rings (SSSR count). The van der Waals surface area contributed by atoms with Crippen LogP contribution < -0.4 is 5.32 Å². The number of aromatic amines is 1. The Labute approximate surface area is 121 Å². The zero-order valence-corrected chi connectivity index (χ0v) is 11.4. The molecule has 0 aliphatic heterocycles. The van der Waals surface area contributed by atoms with Crippen LogP contribution in [0.3, 0.4) is 0 Å². The molecule has 0 radical (unpaired) electrons. The molecule has 1 saturated carbocycles. The van der Waals surface area contributed by atoms with E-state index in [2.05, 4.69) is 20.4 Å². The van der Waals surface area contributed by atoms with Crippen LogP contribution in [-0.2, 0) is 0 Å². The van der Waals surface area contributed by atoms with E-state index in [1.54, 1.807) is 18.2 Å². The van der Waals surface area contributed by atoms with Gasteiger partial charge < -0.3 is 15.5 Å². The highest BCUT2D eigenvalue weighted by Gasteiger charge is 2.15. The van der Waals surface area contributed by atoms with Crippen LogP contribution in [0, 0.1) is 5.53 Å². The van der Waals surface area contributed by atoms with Crippen LogP contribution in [0.4, 0.5) is 5.69 Å². The summed E-state index contributed by atoms with van der Waals surface area (Å²) in [5, 5.41) is 26.7. The monoisotopic (exact) mass is 287 g/mol. The topological polar surface area (TPSA) is 117 Å². The predicted octanol–water partition coefficient (Wildman–Crippen LogP) is 3.32. The zero-order valence-electron chi connectivity index (χ0n) is 11.4. The van der Waals surface area contributed by atoms with Gasteiger partial charge in [0.15, 0.2) is 11.8 Å². The molecule has 110 valence electrons. The number of benzene rings is 1. The van der Waals surface area contributed by atoms with Crippen LogP contribution in [0.2, 0.25) is 0 Å². The van der Waals surface area contributed by atoms with Crippen molar-refractivity contribution in [2.24, 2.45) is 10.1 Å². The van der Waals surface area contributed by atoms with Crippen LogP contribution in [0.1, 0.15) is 25.7 Å². The maximum atomic E-state index is 9.70. The first kappa shape index (κ1) is 13.4. The summed E-state index contributed by atoms with van der Waals surface area (Å²) >= 11 is 0. The van der Waals surface area contributed by atoms with Crippen molar-refractivity contribution in [1.29, 1.82) is 5.53 Å². The second-order valence-electron chi connectivity index (χ2n) is 5.21. The second-order valence-corrected chi connectivity index (χ2v) is 5.21. The Bertz CT molecular complexity index is 701. The number of guanidine groups is 1. The average Bonchev–Trinajstić information content (AvgIpc) is 3.07. The van der Waals surface area contributed by atoms with Crippen molar-refractivity contribution in [3.8, 4) is 11.8 Å². The molecular formula is C14H17N5O2. The number of hydrogen-bond acceptors (Lipinski definition) is 4. The number of nitrogens with one attached hydrogen (secondary N) is 3. The van der Waals surface area contributed by atoms with Crippen molar-refractivity contribution >= 4 is 22.4 Å². The fourth-order valence-electron chi connectivity index (χ4n) is 2.70. The lowest BCUT2D eigenvalue weighted by atomic mass is 10.2. The number of nitrogens with zero attached hydrogens (tertiary/aromatic N) is 2. The quantitative estimate of drug-likeness (QED) is 0.331. The summed E-state index contributed by atoms with van der Waals surface area (Å²) in [7, 11) is 0. The van der Waals surface area contributed by atoms with E-state index in [1.807, 2.05) is 0 Å². The van der Waals surface area contributed by atoms with Crippen molar-refractivity contribution in [2.75, 3.05) is 5.32 Å². The van der Waals surface area contributed by atoms with E-state index < -0.39 is 0 Å². The Morgan fingerprint density at radius 1 is 1.19 bits per heavy atom. The van der Waals surface area contributed by atoms with Crippen molar-refractivity contribution in [3.05, 3.63) is 18.2 Å². The van der Waals surface area contributed by atoms with Gasteiger partial charge in [0.05, 0.1) is 6.04 Å². The number of aromatic nitrogens is 1. The van der Waals surface area contributed by atoms with Gasteiger partial charge in [-0.1, -0.05) is 12.8 Å². The molecule has 0 bridgehead atoms. The molecule has 2 aromatic rings. The van der Waals surface area contributed by atoms with E-state index >= 15 is 0 Å². The highest BCUT2D eigenvalue weighted by Crippen LogP contribution is 2.33. The summed E-state index contributed by atoms with van der Waals surface area (Å²) in [6.45, 7) is 0. The van der Waals surface area contributed by atoms with Gasteiger partial charge in [0.2, 0.25) is 5.96 Å². The Kier molecular flexibility index (Phi) is 3.47. The molecule has 1 aliphatic carbocycles. The summed E-state index contributed by atoms with van der Waals surface area (Å²) in [4.78, 5) is 6.89. The minimum Gasteiger partial charge on any atom is -0.494 e. The van der Waals surface area contributed by atoms with Crippen LogP contribution in [0.15, 0.2) is 28.3 Å². The van der Waals surface area contributed by atoms with Gasteiger partial charge in [-0.15, -0.1) is 5.11 Å². The molecule has 1 aromatic carbocycles. The van der Waals surface area contributed by atoms with Gasteiger partial charge in [-0.05, 0) is 31.0 Å². The lowest BCUT2D eigenvalue weighted by Crippen LogP contribution is -2.12. The van der Waals surface area contributed by atoms with Crippen molar-refractivity contribution in [1.82, 2.24) is 4.98 Å². The van der Waals surface area contributed by atoms with Gasteiger partial charge in [-0.25, -0.2) is 10.5 Å². The lowest BCUT2D eigenvalue weighted by Gasteiger charge is -2.08.